The summed E-state index contributed by atoms with van der Waals surface area (Å²) in [6.07, 6.45) is 2.55. The van der Waals surface area contributed by atoms with Crippen molar-refractivity contribution in [3.05, 3.63) is 96.4 Å². The number of fused-ring (bicyclic) bond motifs is 1. The molecule has 1 amide bonds. The predicted molar refractivity (Wildman–Crippen MR) is 174 cm³/mol. The number of carbonyl (C=O) groups is 1. The van der Waals surface area contributed by atoms with Crippen molar-refractivity contribution in [1.82, 2.24) is 19.4 Å². The molecule has 2 heterocycles. The summed E-state index contributed by atoms with van der Waals surface area (Å²) in [5.74, 6) is 0.310. The lowest BCUT2D eigenvalue weighted by atomic mass is 10.0. The highest BCUT2D eigenvalue weighted by Crippen LogP contribution is 2.30. The van der Waals surface area contributed by atoms with E-state index in [-0.39, 0.29) is 42.0 Å². The Morgan fingerprint density at radius 2 is 1.80 bits per heavy atom. The van der Waals surface area contributed by atoms with E-state index in [4.69, 9.17) is 4.74 Å². The van der Waals surface area contributed by atoms with Gasteiger partial charge in [-0.2, -0.15) is 8.42 Å². The van der Waals surface area contributed by atoms with Gasteiger partial charge in [0.1, 0.15) is 11.9 Å². The molecule has 1 aliphatic rings. The number of amides is 1. The van der Waals surface area contributed by atoms with Crippen molar-refractivity contribution in [2.75, 3.05) is 31.5 Å². The lowest BCUT2D eigenvalue weighted by Crippen LogP contribution is -2.47. The van der Waals surface area contributed by atoms with Gasteiger partial charge in [-0.15, -0.1) is 0 Å². The summed E-state index contributed by atoms with van der Waals surface area (Å²) in [4.78, 5) is 21.4. The molecule has 5 rings (SSSR count). The highest BCUT2D eigenvalue weighted by Gasteiger charge is 2.31. The minimum atomic E-state index is -3.93. The van der Waals surface area contributed by atoms with Crippen LogP contribution in [0.5, 0.6) is 5.75 Å². The van der Waals surface area contributed by atoms with E-state index in [2.05, 4.69) is 57.9 Å². The van der Waals surface area contributed by atoms with Gasteiger partial charge in [0.15, 0.2) is 5.03 Å². The molecule has 10 nitrogen and oxygen atoms in total. The number of aromatic nitrogens is 2. The van der Waals surface area contributed by atoms with Crippen molar-refractivity contribution in [2.24, 2.45) is 13.0 Å². The topological polar surface area (TPSA) is 117 Å². The molecule has 2 N–H and O–H groups in total. The van der Waals surface area contributed by atoms with Crippen molar-refractivity contribution >= 4 is 21.6 Å². The largest absolute Gasteiger partial charge is 0.488 e. The zero-order valence-electron chi connectivity index (χ0n) is 26.1. The van der Waals surface area contributed by atoms with Crippen LogP contribution in [0, 0.1) is 5.92 Å². The lowest BCUT2D eigenvalue weighted by Gasteiger charge is -2.34. The van der Waals surface area contributed by atoms with E-state index in [9.17, 15) is 18.3 Å². The fraction of sp³-hybridized carbons (Fsp3) is 0.353. The van der Waals surface area contributed by atoms with Gasteiger partial charge in [-0.25, -0.2) is 4.98 Å². The highest BCUT2D eigenvalue weighted by atomic mass is 32.2. The molecule has 0 spiro atoms. The highest BCUT2D eigenvalue weighted by molar-refractivity contribution is 7.92. The van der Waals surface area contributed by atoms with Gasteiger partial charge in [-0.1, -0.05) is 61.5 Å². The Labute approximate surface area is 265 Å². The van der Waals surface area contributed by atoms with Crippen LogP contribution in [-0.4, -0.2) is 77.7 Å². The Kier molecular flexibility index (Phi) is 9.91. The van der Waals surface area contributed by atoms with E-state index < -0.39 is 10.0 Å². The van der Waals surface area contributed by atoms with Crippen LogP contribution in [0.3, 0.4) is 0 Å². The van der Waals surface area contributed by atoms with Gasteiger partial charge in [-0.05, 0) is 48.9 Å². The molecule has 11 heteroatoms. The number of hydrogen-bond donors (Lipinski definition) is 2. The SMILES string of the molecule is C[C@@H]1CN([C@H](C)CO)C(=O)Cc2cc(NS(=O)(=O)c3cn(C)cn3)ccc2O[C@H]1CN(C)Cc1ccc(-c2ccccc2)cc1. The first-order chi connectivity index (χ1) is 21.5. The van der Waals surface area contributed by atoms with E-state index in [1.807, 2.05) is 32.2 Å². The minimum absolute atomic E-state index is 0.00186. The minimum Gasteiger partial charge on any atom is -0.488 e. The standard InChI is InChI=1S/C34H41N5O5S/c1-24-18-39(25(2)22-40)34(41)17-29-16-30(36-45(42,43)33-21-38(4)23-35-33)14-15-31(29)44-32(24)20-37(3)19-26-10-12-28(13-11-26)27-8-6-5-7-9-27/h5-16,21,23-25,32,36,40H,17-20,22H2,1-4H3/t24-,25-,32+/m1/s1. The molecule has 0 unspecified atom stereocenters. The lowest BCUT2D eigenvalue weighted by molar-refractivity contribution is -0.134. The molecular weight excluding hydrogens is 590 g/mol. The molecule has 1 aromatic heterocycles. The molecule has 3 atom stereocenters. The second-order valence-electron chi connectivity index (χ2n) is 12.0. The summed E-state index contributed by atoms with van der Waals surface area (Å²) >= 11 is 0. The van der Waals surface area contributed by atoms with Crippen LogP contribution in [-0.2, 0) is 34.8 Å². The number of anilines is 1. The maximum atomic E-state index is 13.5. The monoisotopic (exact) mass is 631 g/mol. The quantitative estimate of drug-likeness (QED) is 0.270. The number of sulfonamides is 1. The summed E-state index contributed by atoms with van der Waals surface area (Å²) in [7, 11) is -0.187. The molecule has 0 bridgehead atoms. The fourth-order valence-electron chi connectivity index (χ4n) is 5.56. The average Bonchev–Trinajstić information content (AvgIpc) is 3.49. The smallest absolute Gasteiger partial charge is 0.280 e. The van der Waals surface area contributed by atoms with Gasteiger partial charge < -0.3 is 19.3 Å². The number of nitrogens with one attached hydrogen (secondary N) is 1. The van der Waals surface area contributed by atoms with Gasteiger partial charge in [0.2, 0.25) is 5.91 Å². The normalized spacial score (nSPS) is 18.0. The van der Waals surface area contributed by atoms with E-state index in [1.54, 1.807) is 34.7 Å². The van der Waals surface area contributed by atoms with Crippen molar-refractivity contribution < 1.29 is 23.1 Å². The zero-order valence-corrected chi connectivity index (χ0v) is 26.9. The second-order valence-corrected chi connectivity index (χ2v) is 13.6. The third-order valence-electron chi connectivity index (χ3n) is 8.13. The van der Waals surface area contributed by atoms with Crippen LogP contribution in [0.2, 0.25) is 0 Å². The van der Waals surface area contributed by atoms with Crippen LogP contribution in [0.1, 0.15) is 25.0 Å². The molecule has 1 aliphatic heterocycles. The molecule has 0 aliphatic carbocycles. The number of aliphatic hydroxyl groups is 1. The van der Waals surface area contributed by atoms with Crippen molar-refractivity contribution in [2.45, 2.75) is 44.0 Å². The summed E-state index contributed by atoms with van der Waals surface area (Å²) < 4.78 is 36.6. The first-order valence-electron chi connectivity index (χ1n) is 15.1. The van der Waals surface area contributed by atoms with Crippen LogP contribution in [0.25, 0.3) is 11.1 Å². The molecule has 3 aromatic carbocycles. The number of aliphatic hydroxyl groups excluding tert-OH is 1. The number of aryl methyl sites for hydroxylation is 1. The summed E-state index contributed by atoms with van der Waals surface area (Å²) in [6, 6.07) is 23.4. The Balaban J connectivity index is 1.37. The van der Waals surface area contributed by atoms with Gasteiger partial charge in [-0.3, -0.25) is 14.4 Å². The number of nitrogens with zero attached hydrogens (tertiary/aromatic N) is 4. The molecule has 0 fully saturated rings. The first-order valence-corrected chi connectivity index (χ1v) is 16.5. The number of carbonyl (C=O) groups excluding carboxylic acids is 1. The number of likely N-dealkylation sites (N-methyl/N-ethyl adjacent to an activating group) is 1. The molecule has 0 radical (unpaired) electrons. The van der Waals surface area contributed by atoms with Gasteiger partial charge in [0.25, 0.3) is 10.0 Å². The molecule has 45 heavy (non-hydrogen) atoms. The molecule has 0 saturated heterocycles. The summed E-state index contributed by atoms with van der Waals surface area (Å²) in [5.41, 5.74) is 4.37. The van der Waals surface area contributed by atoms with Gasteiger partial charge >= 0.3 is 0 Å². The maximum Gasteiger partial charge on any atom is 0.280 e. The molecule has 4 aromatic rings. The number of ether oxygens (including phenoxy) is 1. The van der Waals surface area contributed by atoms with Crippen LogP contribution in [0.4, 0.5) is 5.69 Å². The fourth-order valence-corrected chi connectivity index (χ4v) is 6.60. The number of hydrogen-bond acceptors (Lipinski definition) is 7. The van der Waals surface area contributed by atoms with Crippen molar-refractivity contribution in [3.63, 3.8) is 0 Å². The molecule has 238 valence electrons. The van der Waals surface area contributed by atoms with Crippen LogP contribution in [0.15, 0.2) is 90.3 Å². The van der Waals surface area contributed by atoms with Crippen molar-refractivity contribution in [3.8, 4) is 16.9 Å². The van der Waals surface area contributed by atoms with E-state index in [1.165, 1.54) is 23.7 Å². The molecular formula is C34H41N5O5S. The number of imidazole rings is 1. The number of benzene rings is 3. The molecule has 0 saturated carbocycles. The maximum absolute atomic E-state index is 13.5. The Morgan fingerprint density at radius 3 is 2.47 bits per heavy atom. The Morgan fingerprint density at radius 1 is 1.09 bits per heavy atom. The summed E-state index contributed by atoms with van der Waals surface area (Å²) in [5, 5.41) is 9.85. The third kappa shape index (κ3) is 7.91. The number of rotatable bonds is 10. The predicted octanol–water partition coefficient (Wildman–Crippen LogP) is 4.17. The Hall–Kier alpha value is -4.19. The van der Waals surface area contributed by atoms with E-state index in [0.717, 1.165) is 5.56 Å². The third-order valence-corrected chi connectivity index (χ3v) is 9.40. The summed E-state index contributed by atoms with van der Waals surface area (Å²) in [6.45, 7) is 5.42. The van der Waals surface area contributed by atoms with E-state index >= 15 is 0 Å². The second kappa shape index (κ2) is 13.8. The zero-order chi connectivity index (χ0) is 32.1. The van der Waals surface area contributed by atoms with Gasteiger partial charge in [0, 0.05) is 50.0 Å². The van der Waals surface area contributed by atoms with Crippen LogP contribution < -0.4 is 9.46 Å². The Bertz CT molecular complexity index is 1710. The first kappa shape index (κ1) is 32.2. The van der Waals surface area contributed by atoms with Crippen molar-refractivity contribution in [1.29, 1.82) is 0 Å². The van der Waals surface area contributed by atoms with E-state index in [0.29, 0.717) is 36.6 Å². The van der Waals surface area contributed by atoms with Gasteiger partial charge in [0.05, 0.1) is 25.4 Å². The van der Waals surface area contributed by atoms with Crippen LogP contribution >= 0.6 is 0 Å². The average molecular weight is 632 g/mol.